The van der Waals surface area contributed by atoms with Gasteiger partial charge in [0, 0.05) is 18.9 Å². The van der Waals surface area contributed by atoms with Crippen molar-refractivity contribution in [2.45, 2.75) is 6.42 Å². The average molecular weight is 245 g/mol. The number of nitrogens with zero attached hydrogens (tertiary/aromatic N) is 1. The molecule has 0 aliphatic heterocycles. The molecule has 3 N–H and O–H groups in total. The van der Waals surface area contributed by atoms with Gasteiger partial charge in [0.1, 0.15) is 5.69 Å². The van der Waals surface area contributed by atoms with Crippen molar-refractivity contribution >= 4 is 17.2 Å². The fourth-order valence-corrected chi connectivity index (χ4v) is 1.74. The predicted octanol–water partition coefficient (Wildman–Crippen LogP) is -0.0479. The molecule has 1 heterocycles. The molecule has 0 saturated carbocycles. The standard InChI is InChI=1S/C9H15N3O3S/c1-14-4-5-15-12-9(13)7-6-16-8(11-7)2-3-10/h6H,2-5,10H2,1H3,(H,12,13). The SMILES string of the molecule is COCCONC(=O)c1csc(CCN)n1. The van der Waals surface area contributed by atoms with Crippen LogP contribution in [0.15, 0.2) is 5.38 Å². The van der Waals surface area contributed by atoms with Crippen LogP contribution >= 0.6 is 11.3 Å². The third-order valence-electron chi connectivity index (χ3n) is 1.70. The Labute approximate surface area is 97.7 Å². The molecule has 1 aromatic heterocycles. The van der Waals surface area contributed by atoms with E-state index in [9.17, 15) is 4.79 Å². The fraction of sp³-hybridized carbons (Fsp3) is 0.556. The topological polar surface area (TPSA) is 86.5 Å². The van der Waals surface area contributed by atoms with Crippen molar-refractivity contribution in [1.29, 1.82) is 0 Å². The quantitative estimate of drug-likeness (QED) is 0.519. The molecule has 1 amide bonds. The van der Waals surface area contributed by atoms with Crippen LogP contribution in [0.1, 0.15) is 15.5 Å². The molecule has 0 fully saturated rings. The van der Waals surface area contributed by atoms with E-state index in [0.717, 1.165) is 5.01 Å². The fourth-order valence-electron chi connectivity index (χ4n) is 0.947. The van der Waals surface area contributed by atoms with E-state index in [-0.39, 0.29) is 5.91 Å². The number of carbonyl (C=O) groups is 1. The van der Waals surface area contributed by atoms with Gasteiger partial charge in [-0.25, -0.2) is 10.5 Å². The van der Waals surface area contributed by atoms with Crippen LogP contribution < -0.4 is 11.2 Å². The molecule has 0 aromatic carbocycles. The molecule has 90 valence electrons. The Morgan fingerprint density at radius 3 is 3.12 bits per heavy atom. The van der Waals surface area contributed by atoms with Gasteiger partial charge in [0.2, 0.25) is 0 Å². The maximum atomic E-state index is 11.5. The molecule has 1 rings (SSSR count). The Hall–Kier alpha value is -1.02. The summed E-state index contributed by atoms with van der Waals surface area (Å²) >= 11 is 1.41. The van der Waals surface area contributed by atoms with Gasteiger partial charge >= 0.3 is 0 Å². The highest BCUT2D eigenvalue weighted by molar-refractivity contribution is 7.09. The lowest BCUT2D eigenvalue weighted by molar-refractivity contribution is 0.00861. The maximum absolute atomic E-state index is 11.5. The minimum Gasteiger partial charge on any atom is -0.382 e. The summed E-state index contributed by atoms with van der Waals surface area (Å²) in [7, 11) is 1.56. The predicted molar refractivity (Wildman–Crippen MR) is 60.2 cm³/mol. The number of rotatable bonds is 7. The molecule has 0 unspecified atom stereocenters. The van der Waals surface area contributed by atoms with Crippen LogP contribution in [-0.4, -0.2) is 37.8 Å². The van der Waals surface area contributed by atoms with Gasteiger partial charge in [0.15, 0.2) is 0 Å². The van der Waals surface area contributed by atoms with E-state index in [1.807, 2.05) is 0 Å². The molecule has 0 spiro atoms. The summed E-state index contributed by atoms with van der Waals surface area (Å²) in [6.45, 7) is 1.26. The molecular formula is C9H15N3O3S. The number of nitrogens with one attached hydrogen (secondary N) is 1. The van der Waals surface area contributed by atoms with E-state index in [1.54, 1.807) is 12.5 Å². The first-order valence-corrected chi connectivity index (χ1v) is 5.71. The zero-order chi connectivity index (χ0) is 11.8. The van der Waals surface area contributed by atoms with Gasteiger partial charge in [-0.2, -0.15) is 0 Å². The van der Waals surface area contributed by atoms with Gasteiger partial charge < -0.3 is 10.5 Å². The van der Waals surface area contributed by atoms with Gasteiger partial charge in [-0.3, -0.25) is 9.63 Å². The Balaban J connectivity index is 2.34. The molecule has 0 saturated heterocycles. The smallest absolute Gasteiger partial charge is 0.294 e. The highest BCUT2D eigenvalue weighted by Crippen LogP contribution is 2.09. The molecule has 16 heavy (non-hydrogen) atoms. The number of thiazole rings is 1. The Morgan fingerprint density at radius 2 is 2.44 bits per heavy atom. The average Bonchev–Trinajstić information content (AvgIpc) is 2.73. The third-order valence-corrected chi connectivity index (χ3v) is 2.61. The number of methoxy groups -OCH3 is 1. The van der Waals surface area contributed by atoms with E-state index in [1.165, 1.54) is 11.3 Å². The summed E-state index contributed by atoms with van der Waals surface area (Å²) in [5, 5.41) is 2.53. The third kappa shape index (κ3) is 4.23. The maximum Gasteiger partial charge on any atom is 0.294 e. The van der Waals surface area contributed by atoms with Gasteiger partial charge in [-0.15, -0.1) is 11.3 Å². The van der Waals surface area contributed by atoms with Gasteiger partial charge in [0.05, 0.1) is 18.2 Å². The summed E-state index contributed by atoms with van der Waals surface area (Å²) in [6, 6.07) is 0. The summed E-state index contributed by atoms with van der Waals surface area (Å²) in [5.41, 5.74) is 8.02. The first kappa shape index (κ1) is 13.0. The van der Waals surface area contributed by atoms with E-state index >= 15 is 0 Å². The number of nitrogens with two attached hydrogens (primary N) is 1. The van der Waals surface area contributed by atoms with E-state index in [2.05, 4.69) is 10.5 Å². The zero-order valence-electron chi connectivity index (χ0n) is 9.06. The van der Waals surface area contributed by atoms with Crippen LogP contribution in [0.2, 0.25) is 0 Å². The monoisotopic (exact) mass is 245 g/mol. The molecule has 0 aliphatic rings. The van der Waals surface area contributed by atoms with Crippen LogP contribution in [-0.2, 0) is 16.0 Å². The number of hydroxylamine groups is 1. The van der Waals surface area contributed by atoms with Crippen molar-refractivity contribution in [3.63, 3.8) is 0 Å². The normalized spacial score (nSPS) is 10.4. The van der Waals surface area contributed by atoms with Crippen LogP contribution in [0, 0.1) is 0 Å². The van der Waals surface area contributed by atoms with Crippen LogP contribution in [0.5, 0.6) is 0 Å². The van der Waals surface area contributed by atoms with Crippen LogP contribution in [0.25, 0.3) is 0 Å². The van der Waals surface area contributed by atoms with Gasteiger partial charge in [0.25, 0.3) is 5.91 Å². The van der Waals surface area contributed by atoms with E-state index in [0.29, 0.717) is 31.9 Å². The molecule has 0 bridgehead atoms. The Kier molecular flexibility index (Phi) is 5.94. The minimum atomic E-state index is -0.351. The molecule has 7 heteroatoms. The number of hydrogen-bond donors (Lipinski definition) is 2. The van der Waals surface area contributed by atoms with E-state index < -0.39 is 0 Å². The highest BCUT2D eigenvalue weighted by atomic mass is 32.1. The first-order valence-electron chi connectivity index (χ1n) is 4.83. The lowest BCUT2D eigenvalue weighted by atomic mass is 10.4. The van der Waals surface area contributed by atoms with Crippen molar-refractivity contribution in [2.75, 3.05) is 26.9 Å². The second-order valence-electron chi connectivity index (χ2n) is 2.94. The molecule has 0 radical (unpaired) electrons. The molecular weight excluding hydrogens is 230 g/mol. The summed E-state index contributed by atoms with van der Waals surface area (Å²) in [5.74, 6) is -0.351. The Morgan fingerprint density at radius 1 is 1.62 bits per heavy atom. The van der Waals surface area contributed by atoms with Crippen molar-refractivity contribution in [1.82, 2.24) is 10.5 Å². The zero-order valence-corrected chi connectivity index (χ0v) is 9.88. The highest BCUT2D eigenvalue weighted by Gasteiger charge is 2.09. The minimum absolute atomic E-state index is 0.308. The van der Waals surface area contributed by atoms with Gasteiger partial charge in [-0.05, 0) is 6.54 Å². The molecule has 0 atom stereocenters. The van der Waals surface area contributed by atoms with E-state index in [4.69, 9.17) is 15.3 Å². The number of amides is 1. The molecule has 6 nitrogen and oxygen atoms in total. The second kappa shape index (κ2) is 7.29. The lowest BCUT2D eigenvalue weighted by Gasteiger charge is -2.02. The number of carbonyl (C=O) groups excluding carboxylic acids is 1. The van der Waals surface area contributed by atoms with Gasteiger partial charge in [-0.1, -0.05) is 0 Å². The Bertz CT molecular complexity index is 330. The molecule has 0 aliphatic carbocycles. The van der Waals surface area contributed by atoms with Crippen molar-refractivity contribution in [2.24, 2.45) is 5.73 Å². The first-order chi connectivity index (χ1) is 7.77. The summed E-state index contributed by atoms with van der Waals surface area (Å²) in [6.07, 6.45) is 0.683. The van der Waals surface area contributed by atoms with Crippen LogP contribution in [0.4, 0.5) is 0 Å². The van der Waals surface area contributed by atoms with Crippen molar-refractivity contribution < 1.29 is 14.4 Å². The number of hydrogen-bond acceptors (Lipinski definition) is 6. The summed E-state index contributed by atoms with van der Waals surface area (Å²) < 4.78 is 4.76. The second-order valence-corrected chi connectivity index (χ2v) is 3.88. The number of aromatic nitrogens is 1. The number of ether oxygens (including phenoxy) is 1. The van der Waals surface area contributed by atoms with Crippen molar-refractivity contribution in [3.8, 4) is 0 Å². The molecule has 1 aromatic rings. The van der Waals surface area contributed by atoms with Crippen molar-refractivity contribution in [3.05, 3.63) is 16.1 Å². The summed E-state index contributed by atoms with van der Waals surface area (Å²) in [4.78, 5) is 20.5. The lowest BCUT2D eigenvalue weighted by Crippen LogP contribution is -2.25. The van der Waals surface area contributed by atoms with Crippen LogP contribution in [0.3, 0.4) is 0 Å². The largest absolute Gasteiger partial charge is 0.382 e.